The molecule has 1 N–H and O–H groups in total. The zero-order valence-corrected chi connectivity index (χ0v) is 12.2. The predicted octanol–water partition coefficient (Wildman–Crippen LogP) is 0.284. The van der Waals surface area contributed by atoms with Crippen molar-refractivity contribution in [3.8, 4) is 17.6 Å². The second kappa shape index (κ2) is 7.92. The Labute approximate surface area is 123 Å². The number of nitrogens with zero attached hydrogens (tertiary/aromatic N) is 1. The van der Waals surface area contributed by atoms with Crippen LogP contribution in [0.2, 0.25) is 0 Å². The predicted molar refractivity (Wildman–Crippen MR) is 75.9 cm³/mol. The van der Waals surface area contributed by atoms with Crippen LogP contribution in [0.4, 0.5) is 0 Å². The summed E-state index contributed by atoms with van der Waals surface area (Å²) in [5, 5.41) is 8.74. The number of aliphatic hydroxyl groups is 1. The molecule has 0 heterocycles. The molecule has 0 spiro atoms. The van der Waals surface area contributed by atoms with E-state index in [4.69, 9.17) is 9.84 Å². The van der Waals surface area contributed by atoms with Crippen LogP contribution in [0.15, 0.2) is 18.2 Å². The van der Waals surface area contributed by atoms with E-state index in [1.807, 2.05) is 0 Å². The van der Waals surface area contributed by atoms with Crippen molar-refractivity contribution in [3.63, 3.8) is 0 Å². The average Bonchev–Trinajstić information content (AvgIpc) is 2.51. The highest BCUT2D eigenvalue weighted by atomic mass is 16.5. The first kappa shape index (κ1) is 16.5. The molecule has 0 saturated heterocycles. The van der Waals surface area contributed by atoms with Gasteiger partial charge in [-0.1, -0.05) is 11.8 Å². The van der Waals surface area contributed by atoms with Crippen molar-refractivity contribution in [2.75, 3.05) is 34.4 Å². The number of ether oxygens (including phenoxy) is 2. The minimum Gasteiger partial charge on any atom is -0.495 e. The van der Waals surface area contributed by atoms with Crippen molar-refractivity contribution in [1.29, 1.82) is 0 Å². The van der Waals surface area contributed by atoms with E-state index >= 15 is 0 Å². The number of hydrogen-bond donors (Lipinski definition) is 1. The largest absolute Gasteiger partial charge is 0.495 e. The van der Waals surface area contributed by atoms with E-state index in [-0.39, 0.29) is 19.1 Å². The Bertz CT molecular complexity index is 585. The lowest BCUT2D eigenvalue weighted by atomic mass is 10.1. The lowest BCUT2D eigenvalue weighted by molar-refractivity contribution is -0.141. The van der Waals surface area contributed by atoms with Crippen LogP contribution < -0.4 is 4.74 Å². The first-order valence-corrected chi connectivity index (χ1v) is 6.13. The minimum atomic E-state index is -0.500. The van der Waals surface area contributed by atoms with E-state index in [9.17, 15) is 9.59 Å². The summed E-state index contributed by atoms with van der Waals surface area (Å²) in [5.41, 5.74) is 0.855. The fourth-order valence-corrected chi connectivity index (χ4v) is 1.62. The molecule has 0 radical (unpaired) electrons. The summed E-state index contributed by atoms with van der Waals surface area (Å²) in [6, 6.07) is 4.75. The van der Waals surface area contributed by atoms with Crippen molar-refractivity contribution in [2.24, 2.45) is 0 Å². The number of hydrogen-bond acceptors (Lipinski definition) is 5. The normalized spacial score (nSPS) is 9.33. The van der Waals surface area contributed by atoms with Gasteiger partial charge in [-0.3, -0.25) is 9.59 Å². The lowest BCUT2D eigenvalue weighted by Gasteiger charge is -2.16. The van der Waals surface area contributed by atoms with Gasteiger partial charge >= 0.3 is 5.97 Å². The van der Waals surface area contributed by atoms with Gasteiger partial charge in [-0.25, -0.2) is 0 Å². The Kier molecular flexibility index (Phi) is 6.24. The van der Waals surface area contributed by atoms with Crippen LogP contribution in [0.3, 0.4) is 0 Å². The van der Waals surface area contributed by atoms with E-state index in [0.717, 1.165) is 0 Å². The minimum absolute atomic E-state index is 0.140. The highest BCUT2D eigenvalue weighted by molar-refractivity contribution is 5.96. The second-order valence-corrected chi connectivity index (χ2v) is 4.11. The van der Waals surface area contributed by atoms with E-state index in [0.29, 0.717) is 16.9 Å². The number of likely N-dealkylation sites (N-methyl/N-ethyl adjacent to an activating group) is 1. The van der Waals surface area contributed by atoms with E-state index < -0.39 is 5.97 Å². The number of rotatable bonds is 4. The van der Waals surface area contributed by atoms with Crippen LogP contribution in [0.25, 0.3) is 0 Å². The summed E-state index contributed by atoms with van der Waals surface area (Å²) in [6.45, 7) is -0.428. The smallest absolute Gasteiger partial charge is 0.325 e. The van der Waals surface area contributed by atoms with Gasteiger partial charge in [-0.2, -0.15) is 0 Å². The number of esters is 1. The van der Waals surface area contributed by atoms with Gasteiger partial charge in [0.2, 0.25) is 0 Å². The molecule has 0 fully saturated rings. The standard InChI is InChI=1S/C15H17NO5/c1-16(10-14(18)21-3)15(19)12-6-7-13(20-2)11(9-12)5-4-8-17/h6-7,9,17H,8,10H2,1-3H3. The maximum atomic E-state index is 12.2. The molecule has 0 atom stereocenters. The molecule has 1 rings (SSSR count). The first-order chi connectivity index (χ1) is 10.0. The Morgan fingerprint density at radius 1 is 1.33 bits per heavy atom. The lowest BCUT2D eigenvalue weighted by Crippen LogP contribution is -2.32. The van der Waals surface area contributed by atoms with Crippen LogP contribution in [0, 0.1) is 11.8 Å². The molecule has 0 bridgehead atoms. The molecule has 6 heteroatoms. The maximum Gasteiger partial charge on any atom is 0.325 e. The second-order valence-electron chi connectivity index (χ2n) is 4.11. The SMILES string of the molecule is COC(=O)CN(C)C(=O)c1ccc(OC)c(C#CCO)c1. The molecule has 0 aliphatic carbocycles. The first-order valence-electron chi connectivity index (χ1n) is 6.13. The molecular weight excluding hydrogens is 274 g/mol. The summed E-state index contributed by atoms with van der Waals surface area (Å²) in [7, 11) is 4.25. The number of methoxy groups -OCH3 is 2. The average molecular weight is 291 g/mol. The van der Waals surface area contributed by atoms with Crippen LogP contribution in [0.5, 0.6) is 5.75 Å². The van der Waals surface area contributed by atoms with Gasteiger partial charge < -0.3 is 19.5 Å². The molecule has 6 nitrogen and oxygen atoms in total. The zero-order valence-electron chi connectivity index (χ0n) is 12.2. The Morgan fingerprint density at radius 3 is 2.62 bits per heavy atom. The molecular formula is C15H17NO5. The zero-order chi connectivity index (χ0) is 15.8. The van der Waals surface area contributed by atoms with E-state index in [2.05, 4.69) is 16.6 Å². The van der Waals surface area contributed by atoms with Crippen LogP contribution in [0.1, 0.15) is 15.9 Å². The van der Waals surface area contributed by atoms with Crippen LogP contribution in [-0.2, 0) is 9.53 Å². The summed E-state index contributed by atoms with van der Waals surface area (Å²) >= 11 is 0. The Balaban J connectivity index is 3.02. The fourth-order valence-electron chi connectivity index (χ4n) is 1.62. The summed E-state index contributed by atoms with van der Waals surface area (Å²) < 4.78 is 9.65. The van der Waals surface area contributed by atoms with Gasteiger partial charge in [0.15, 0.2) is 0 Å². The number of carbonyl (C=O) groups excluding carboxylic acids is 2. The van der Waals surface area contributed by atoms with Gasteiger partial charge in [0.05, 0.1) is 19.8 Å². The van der Waals surface area contributed by atoms with E-state index in [1.54, 1.807) is 18.2 Å². The van der Waals surface area contributed by atoms with Crippen molar-refractivity contribution in [1.82, 2.24) is 4.90 Å². The topological polar surface area (TPSA) is 76.1 Å². The molecule has 0 aliphatic heterocycles. The van der Waals surface area contributed by atoms with Gasteiger partial charge in [0, 0.05) is 12.6 Å². The van der Waals surface area contributed by atoms with Crippen LogP contribution >= 0.6 is 0 Å². The Hall–Kier alpha value is -2.52. The molecule has 0 unspecified atom stereocenters. The third-order valence-electron chi connectivity index (χ3n) is 2.69. The molecule has 0 aromatic heterocycles. The summed E-state index contributed by atoms with van der Waals surface area (Å²) in [5.74, 6) is 4.88. The third kappa shape index (κ3) is 4.51. The van der Waals surface area contributed by atoms with Crippen molar-refractivity contribution >= 4 is 11.9 Å². The van der Waals surface area contributed by atoms with Crippen molar-refractivity contribution in [2.45, 2.75) is 0 Å². The number of benzene rings is 1. The molecule has 0 aliphatic rings. The molecule has 1 aromatic carbocycles. The molecule has 1 aromatic rings. The Morgan fingerprint density at radius 2 is 2.05 bits per heavy atom. The molecule has 1 amide bonds. The highest BCUT2D eigenvalue weighted by Crippen LogP contribution is 2.19. The molecule has 21 heavy (non-hydrogen) atoms. The van der Waals surface area contributed by atoms with Gasteiger partial charge in [-0.05, 0) is 18.2 Å². The monoisotopic (exact) mass is 291 g/mol. The third-order valence-corrected chi connectivity index (χ3v) is 2.69. The number of amides is 1. The number of carbonyl (C=O) groups is 2. The number of aliphatic hydroxyl groups excluding tert-OH is 1. The van der Waals surface area contributed by atoms with Gasteiger partial charge in [0.25, 0.3) is 5.91 Å². The van der Waals surface area contributed by atoms with E-state index in [1.165, 1.54) is 26.2 Å². The van der Waals surface area contributed by atoms with Crippen molar-refractivity contribution < 1.29 is 24.2 Å². The van der Waals surface area contributed by atoms with Gasteiger partial charge in [-0.15, -0.1) is 0 Å². The quantitative estimate of drug-likeness (QED) is 0.637. The fraction of sp³-hybridized carbons (Fsp3) is 0.333. The highest BCUT2D eigenvalue weighted by Gasteiger charge is 2.16. The van der Waals surface area contributed by atoms with Crippen LogP contribution in [-0.4, -0.2) is 56.3 Å². The molecule has 0 saturated carbocycles. The van der Waals surface area contributed by atoms with Gasteiger partial charge in [0.1, 0.15) is 18.9 Å². The maximum absolute atomic E-state index is 12.2. The summed E-state index contributed by atoms with van der Waals surface area (Å²) in [6.07, 6.45) is 0. The van der Waals surface area contributed by atoms with Crippen molar-refractivity contribution in [3.05, 3.63) is 29.3 Å². The molecule has 112 valence electrons. The summed E-state index contributed by atoms with van der Waals surface area (Å²) in [4.78, 5) is 24.6.